The van der Waals surface area contributed by atoms with Crippen molar-refractivity contribution in [2.24, 2.45) is 16.6 Å². The number of benzene rings is 1. The maximum Gasteiger partial charge on any atom is 0.189 e. The normalized spacial score (nSPS) is 23.5. The van der Waals surface area contributed by atoms with Crippen molar-refractivity contribution in [1.82, 2.24) is 10.2 Å². The number of piperidine rings is 1. The molecule has 3 N–H and O–H groups in total. The first kappa shape index (κ1) is 18.3. The van der Waals surface area contributed by atoms with E-state index in [1.165, 1.54) is 29.8 Å². The van der Waals surface area contributed by atoms with Crippen LogP contribution in [0.1, 0.15) is 35.7 Å². The zero-order valence-corrected chi connectivity index (χ0v) is 16.5. The molecule has 2 aliphatic rings. The topological polar surface area (TPSA) is 62.9 Å². The molecule has 6 heteroatoms. The molecule has 0 amide bonds. The molecule has 0 saturated carbocycles. The summed E-state index contributed by atoms with van der Waals surface area (Å²) in [4.78, 5) is 8.66. The number of para-hydroxylation sites is 1. The molecule has 0 spiro atoms. The Kier molecular flexibility index (Phi) is 5.94. The lowest BCUT2D eigenvalue weighted by Gasteiger charge is -2.32. The van der Waals surface area contributed by atoms with Gasteiger partial charge in [0.2, 0.25) is 0 Å². The maximum absolute atomic E-state index is 6.21. The van der Waals surface area contributed by atoms with Crippen LogP contribution in [0.4, 0.5) is 0 Å². The Labute approximate surface area is 165 Å². The number of ether oxygens (including phenoxy) is 1. The number of rotatable bonds is 5. The summed E-state index contributed by atoms with van der Waals surface area (Å²) in [6.07, 6.45) is 3.38. The van der Waals surface area contributed by atoms with Gasteiger partial charge in [-0.1, -0.05) is 24.3 Å². The van der Waals surface area contributed by atoms with E-state index in [1.54, 1.807) is 0 Å². The minimum absolute atomic E-state index is 0.181. The molecule has 0 radical (unpaired) electrons. The zero-order chi connectivity index (χ0) is 18.5. The number of hydrogen-bond acceptors (Lipinski definition) is 4. The van der Waals surface area contributed by atoms with Crippen molar-refractivity contribution >= 4 is 17.3 Å². The van der Waals surface area contributed by atoms with Gasteiger partial charge in [0.05, 0.1) is 12.6 Å². The summed E-state index contributed by atoms with van der Waals surface area (Å²) >= 11 is 1.84. The van der Waals surface area contributed by atoms with Crippen molar-refractivity contribution in [1.29, 1.82) is 0 Å². The van der Waals surface area contributed by atoms with Gasteiger partial charge in [-0.2, -0.15) is 0 Å². The number of guanidine groups is 1. The molecule has 1 fully saturated rings. The second kappa shape index (κ2) is 8.76. The highest BCUT2D eigenvalue weighted by Gasteiger charge is 2.22. The first-order valence-electron chi connectivity index (χ1n) is 9.81. The number of aliphatic imine (C=N–C) groups is 1. The monoisotopic (exact) mass is 384 g/mol. The van der Waals surface area contributed by atoms with E-state index in [4.69, 9.17) is 10.5 Å². The van der Waals surface area contributed by atoms with Gasteiger partial charge in [0.1, 0.15) is 5.75 Å². The predicted molar refractivity (Wildman–Crippen MR) is 111 cm³/mol. The third-order valence-electron chi connectivity index (χ3n) is 5.36. The Hall–Kier alpha value is -2.05. The van der Waals surface area contributed by atoms with Gasteiger partial charge in [-0.25, -0.2) is 0 Å². The average Bonchev–Trinajstić information content (AvgIpc) is 3.20. The summed E-state index contributed by atoms with van der Waals surface area (Å²) in [5.74, 6) is 2.08. The smallest absolute Gasteiger partial charge is 0.189 e. The molecule has 2 atom stereocenters. The summed E-state index contributed by atoms with van der Waals surface area (Å²) in [5.41, 5.74) is 7.38. The molecule has 2 aromatic rings. The van der Waals surface area contributed by atoms with Gasteiger partial charge >= 0.3 is 0 Å². The fraction of sp³-hybridized carbons (Fsp3) is 0.476. The largest absolute Gasteiger partial charge is 0.493 e. The summed E-state index contributed by atoms with van der Waals surface area (Å²) in [7, 11) is 0. The van der Waals surface area contributed by atoms with Crippen molar-refractivity contribution < 1.29 is 4.74 Å². The van der Waals surface area contributed by atoms with Gasteiger partial charge in [0, 0.05) is 36.5 Å². The van der Waals surface area contributed by atoms with E-state index >= 15 is 0 Å². The van der Waals surface area contributed by atoms with Crippen molar-refractivity contribution in [3.05, 3.63) is 52.2 Å². The van der Waals surface area contributed by atoms with E-state index in [0.717, 1.165) is 31.8 Å². The fourth-order valence-electron chi connectivity index (χ4n) is 4.01. The summed E-state index contributed by atoms with van der Waals surface area (Å²) in [6.45, 7) is 4.86. The van der Waals surface area contributed by atoms with Gasteiger partial charge in [0.15, 0.2) is 5.96 Å². The standard InChI is InChI=1S/C21H28N4OS/c22-21(24-19-9-11-26-20-8-2-1-7-18(19)20)23-13-16-5-3-10-25(14-16)15-17-6-4-12-27-17/h1-2,4,6-8,12,16,19H,3,5,9-11,13-15H2,(H3,22,23,24). The van der Waals surface area contributed by atoms with Crippen molar-refractivity contribution in [2.45, 2.75) is 31.8 Å². The fourth-order valence-corrected chi connectivity index (χ4v) is 4.76. The minimum atomic E-state index is 0.181. The number of hydrogen-bond donors (Lipinski definition) is 2. The van der Waals surface area contributed by atoms with Gasteiger partial charge in [-0.05, 0) is 42.8 Å². The summed E-state index contributed by atoms with van der Waals surface area (Å²) in [6, 6.07) is 12.7. The molecule has 1 aromatic carbocycles. The highest BCUT2D eigenvalue weighted by molar-refractivity contribution is 7.09. The van der Waals surface area contributed by atoms with Crippen molar-refractivity contribution in [2.75, 3.05) is 26.2 Å². The Morgan fingerprint density at radius 1 is 1.26 bits per heavy atom. The molecular formula is C21H28N4OS. The molecule has 5 nitrogen and oxygen atoms in total. The first-order valence-corrected chi connectivity index (χ1v) is 10.7. The maximum atomic E-state index is 6.21. The van der Waals surface area contributed by atoms with Crippen molar-refractivity contribution in [3.8, 4) is 5.75 Å². The number of likely N-dealkylation sites (tertiary alicyclic amines) is 1. The molecule has 0 bridgehead atoms. The molecular weight excluding hydrogens is 356 g/mol. The van der Waals surface area contributed by atoms with Crippen LogP contribution >= 0.6 is 11.3 Å². The molecule has 0 aliphatic carbocycles. The molecule has 1 aromatic heterocycles. The van der Waals surface area contributed by atoms with Gasteiger partial charge in [0.25, 0.3) is 0 Å². The van der Waals surface area contributed by atoms with E-state index in [2.05, 4.69) is 38.8 Å². The molecule has 1 saturated heterocycles. The van der Waals surface area contributed by atoms with Gasteiger partial charge < -0.3 is 15.8 Å². The van der Waals surface area contributed by atoms with Crippen LogP contribution in [0.25, 0.3) is 0 Å². The van der Waals surface area contributed by atoms with Crippen LogP contribution in [0, 0.1) is 5.92 Å². The van der Waals surface area contributed by atoms with E-state index < -0.39 is 0 Å². The molecule has 2 unspecified atom stereocenters. The second-order valence-electron chi connectivity index (χ2n) is 7.42. The zero-order valence-electron chi connectivity index (χ0n) is 15.6. The van der Waals surface area contributed by atoms with Crippen LogP contribution in [-0.2, 0) is 6.54 Å². The van der Waals surface area contributed by atoms with Gasteiger partial charge in [-0.15, -0.1) is 11.3 Å². The second-order valence-corrected chi connectivity index (χ2v) is 8.45. The third kappa shape index (κ3) is 4.82. The van der Waals surface area contributed by atoms with Crippen LogP contribution < -0.4 is 15.8 Å². The number of thiophene rings is 1. The Balaban J connectivity index is 1.30. The molecule has 2 aliphatic heterocycles. The van der Waals surface area contributed by atoms with E-state index in [1.807, 2.05) is 29.5 Å². The van der Waals surface area contributed by atoms with E-state index in [0.29, 0.717) is 18.5 Å². The lowest BCUT2D eigenvalue weighted by molar-refractivity contribution is 0.172. The van der Waals surface area contributed by atoms with Crippen LogP contribution in [0.15, 0.2) is 46.8 Å². The molecule has 144 valence electrons. The highest BCUT2D eigenvalue weighted by Crippen LogP contribution is 2.31. The number of nitrogens with two attached hydrogens (primary N) is 1. The Bertz CT molecular complexity index is 761. The molecule has 4 rings (SSSR count). The molecule has 3 heterocycles. The number of fused-ring (bicyclic) bond motifs is 1. The van der Waals surface area contributed by atoms with E-state index in [-0.39, 0.29) is 6.04 Å². The Morgan fingerprint density at radius 3 is 3.07 bits per heavy atom. The molecule has 27 heavy (non-hydrogen) atoms. The van der Waals surface area contributed by atoms with Crippen LogP contribution in [0.5, 0.6) is 5.75 Å². The number of nitrogens with zero attached hydrogens (tertiary/aromatic N) is 2. The van der Waals surface area contributed by atoms with Crippen LogP contribution in [-0.4, -0.2) is 37.1 Å². The van der Waals surface area contributed by atoms with Crippen molar-refractivity contribution in [3.63, 3.8) is 0 Å². The lowest BCUT2D eigenvalue weighted by atomic mass is 9.98. The first-order chi connectivity index (χ1) is 13.3. The Morgan fingerprint density at radius 2 is 2.19 bits per heavy atom. The summed E-state index contributed by atoms with van der Waals surface area (Å²) < 4.78 is 5.72. The highest BCUT2D eigenvalue weighted by atomic mass is 32.1. The van der Waals surface area contributed by atoms with Crippen LogP contribution in [0.3, 0.4) is 0 Å². The third-order valence-corrected chi connectivity index (χ3v) is 6.22. The summed E-state index contributed by atoms with van der Waals surface area (Å²) in [5, 5.41) is 5.55. The average molecular weight is 385 g/mol. The van der Waals surface area contributed by atoms with E-state index in [9.17, 15) is 0 Å². The van der Waals surface area contributed by atoms with Crippen LogP contribution in [0.2, 0.25) is 0 Å². The quantitative estimate of drug-likeness (QED) is 0.613. The van der Waals surface area contributed by atoms with Gasteiger partial charge in [-0.3, -0.25) is 9.89 Å². The SMILES string of the molecule is NC(=NCC1CCCN(Cc2cccs2)C1)NC1CCOc2ccccc21. The predicted octanol–water partition coefficient (Wildman–Crippen LogP) is 3.39. The number of nitrogens with one attached hydrogen (secondary N) is 1. The minimum Gasteiger partial charge on any atom is -0.493 e. The lowest BCUT2D eigenvalue weighted by Crippen LogP contribution is -2.39.